The molecule has 0 radical (unpaired) electrons. The van der Waals surface area contributed by atoms with Crippen LogP contribution < -0.4 is 5.32 Å². The number of unbranched alkanes of at least 4 members (excludes halogenated alkanes) is 10. The van der Waals surface area contributed by atoms with Crippen LogP contribution in [-0.2, 0) is 6.42 Å². The summed E-state index contributed by atoms with van der Waals surface area (Å²) in [4.78, 5) is 4.16. The second-order valence-electron chi connectivity index (χ2n) is 6.10. The van der Waals surface area contributed by atoms with Crippen molar-refractivity contribution in [3.8, 4) is 0 Å². The molecule has 1 heterocycles. The zero-order valence-electron chi connectivity index (χ0n) is 13.9. The number of hydrogen-bond donors (Lipinski definition) is 1. The third-order valence-corrected chi connectivity index (χ3v) is 4.12. The van der Waals surface area contributed by atoms with Crippen LogP contribution in [0.3, 0.4) is 0 Å². The molecular formula is C19H34N2. The van der Waals surface area contributed by atoms with Gasteiger partial charge in [-0.2, -0.15) is 0 Å². The zero-order chi connectivity index (χ0) is 15.0. The van der Waals surface area contributed by atoms with Gasteiger partial charge < -0.3 is 5.32 Å². The van der Waals surface area contributed by atoms with E-state index in [4.69, 9.17) is 0 Å². The normalized spacial score (nSPS) is 10.9. The number of aromatic nitrogens is 1. The van der Waals surface area contributed by atoms with Gasteiger partial charge in [0.1, 0.15) is 0 Å². The van der Waals surface area contributed by atoms with Crippen molar-refractivity contribution in [2.24, 2.45) is 0 Å². The molecule has 0 bridgehead atoms. The summed E-state index contributed by atoms with van der Waals surface area (Å²) in [5.74, 6) is 0. The predicted octanol–water partition coefficient (Wildman–Crippen LogP) is 5.13. The highest BCUT2D eigenvalue weighted by Gasteiger charge is 1.95. The molecule has 21 heavy (non-hydrogen) atoms. The van der Waals surface area contributed by atoms with Gasteiger partial charge in [-0.1, -0.05) is 63.9 Å². The molecule has 1 N–H and O–H groups in total. The van der Waals surface area contributed by atoms with Gasteiger partial charge in [-0.05, 0) is 44.5 Å². The third-order valence-electron chi connectivity index (χ3n) is 4.12. The second-order valence-corrected chi connectivity index (χ2v) is 6.10. The van der Waals surface area contributed by atoms with E-state index in [-0.39, 0.29) is 0 Å². The van der Waals surface area contributed by atoms with Gasteiger partial charge in [0.25, 0.3) is 0 Å². The van der Waals surface area contributed by atoms with E-state index in [9.17, 15) is 0 Å². The Morgan fingerprint density at radius 2 is 1.38 bits per heavy atom. The lowest BCUT2D eigenvalue weighted by Crippen LogP contribution is -2.06. The Morgan fingerprint density at radius 1 is 0.810 bits per heavy atom. The summed E-state index contributed by atoms with van der Waals surface area (Å²) in [6, 6.07) is 4.22. The highest BCUT2D eigenvalue weighted by atomic mass is 14.8. The molecule has 120 valence electrons. The van der Waals surface area contributed by atoms with Crippen LogP contribution >= 0.6 is 0 Å². The Bertz CT molecular complexity index is 311. The van der Waals surface area contributed by atoms with Gasteiger partial charge in [-0.3, -0.25) is 4.98 Å². The van der Waals surface area contributed by atoms with Crippen molar-refractivity contribution in [1.82, 2.24) is 10.3 Å². The monoisotopic (exact) mass is 290 g/mol. The lowest BCUT2D eigenvalue weighted by atomic mass is 10.0. The van der Waals surface area contributed by atoms with Crippen LogP contribution in [0.1, 0.15) is 76.2 Å². The van der Waals surface area contributed by atoms with Gasteiger partial charge in [-0.15, -0.1) is 0 Å². The first-order valence-corrected chi connectivity index (χ1v) is 8.97. The van der Waals surface area contributed by atoms with Crippen LogP contribution in [0.5, 0.6) is 0 Å². The highest BCUT2D eigenvalue weighted by Crippen LogP contribution is 2.12. The van der Waals surface area contributed by atoms with Crippen molar-refractivity contribution in [3.63, 3.8) is 0 Å². The summed E-state index contributed by atoms with van der Waals surface area (Å²) >= 11 is 0. The van der Waals surface area contributed by atoms with Crippen molar-refractivity contribution in [2.45, 2.75) is 77.0 Å². The minimum atomic E-state index is 1.18. The van der Waals surface area contributed by atoms with Crippen molar-refractivity contribution in [2.75, 3.05) is 13.6 Å². The average Bonchev–Trinajstić information content (AvgIpc) is 2.53. The van der Waals surface area contributed by atoms with Crippen molar-refractivity contribution < 1.29 is 0 Å². The smallest absolute Gasteiger partial charge is 0.0299 e. The lowest BCUT2D eigenvalue weighted by Gasteiger charge is -2.03. The minimum absolute atomic E-state index is 1.18. The van der Waals surface area contributed by atoms with E-state index >= 15 is 0 Å². The summed E-state index contributed by atoms with van der Waals surface area (Å²) in [7, 11) is 2.04. The van der Waals surface area contributed by atoms with Gasteiger partial charge in [-0.25, -0.2) is 0 Å². The Balaban J connectivity index is 1.75. The van der Waals surface area contributed by atoms with E-state index < -0.39 is 0 Å². The van der Waals surface area contributed by atoms with Crippen LogP contribution in [0.4, 0.5) is 0 Å². The van der Waals surface area contributed by atoms with E-state index in [1.807, 2.05) is 25.5 Å². The molecule has 2 heteroatoms. The minimum Gasteiger partial charge on any atom is -0.320 e. The first-order valence-electron chi connectivity index (χ1n) is 8.97. The van der Waals surface area contributed by atoms with Crippen LogP contribution in [0.2, 0.25) is 0 Å². The SMILES string of the molecule is CNCCCCCCCCCCCCCc1cccnc1. The molecule has 0 fully saturated rings. The van der Waals surface area contributed by atoms with Gasteiger partial charge in [0, 0.05) is 12.4 Å². The Labute approximate surface area is 131 Å². The molecule has 0 spiro atoms. The molecule has 1 aromatic rings. The number of hydrogen-bond acceptors (Lipinski definition) is 2. The summed E-state index contributed by atoms with van der Waals surface area (Å²) < 4.78 is 0. The molecule has 0 aromatic carbocycles. The summed E-state index contributed by atoms with van der Waals surface area (Å²) in [6.45, 7) is 1.18. The van der Waals surface area contributed by atoms with E-state index in [1.54, 1.807) is 0 Å². The van der Waals surface area contributed by atoms with Crippen LogP contribution in [0.25, 0.3) is 0 Å². The maximum Gasteiger partial charge on any atom is 0.0299 e. The number of nitrogens with one attached hydrogen (secondary N) is 1. The van der Waals surface area contributed by atoms with Crippen molar-refractivity contribution >= 4 is 0 Å². The van der Waals surface area contributed by atoms with Gasteiger partial charge >= 0.3 is 0 Å². The first kappa shape index (κ1) is 18.2. The molecule has 0 unspecified atom stereocenters. The van der Waals surface area contributed by atoms with Crippen LogP contribution in [0.15, 0.2) is 24.5 Å². The number of nitrogens with zero attached hydrogens (tertiary/aromatic N) is 1. The largest absolute Gasteiger partial charge is 0.320 e. The first-order chi connectivity index (χ1) is 10.4. The zero-order valence-corrected chi connectivity index (χ0v) is 13.9. The number of rotatable bonds is 14. The summed E-state index contributed by atoms with van der Waals surface area (Å²) in [5, 5.41) is 3.21. The molecule has 0 saturated carbocycles. The summed E-state index contributed by atoms with van der Waals surface area (Å²) in [6.07, 6.45) is 20.5. The number of aryl methyl sites for hydroxylation is 1. The predicted molar refractivity (Wildman–Crippen MR) is 92.7 cm³/mol. The third kappa shape index (κ3) is 11.4. The van der Waals surface area contributed by atoms with Crippen molar-refractivity contribution in [3.05, 3.63) is 30.1 Å². The van der Waals surface area contributed by atoms with Crippen LogP contribution in [0, 0.1) is 0 Å². The number of pyridine rings is 1. The van der Waals surface area contributed by atoms with E-state index in [0.717, 1.165) is 0 Å². The van der Waals surface area contributed by atoms with E-state index in [0.29, 0.717) is 0 Å². The molecule has 2 nitrogen and oxygen atoms in total. The lowest BCUT2D eigenvalue weighted by molar-refractivity contribution is 0.542. The molecule has 0 saturated heterocycles. The Kier molecular flexibility index (Phi) is 12.2. The van der Waals surface area contributed by atoms with Gasteiger partial charge in [0.15, 0.2) is 0 Å². The second kappa shape index (κ2) is 14.1. The van der Waals surface area contributed by atoms with Crippen molar-refractivity contribution in [1.29, 1.82) is 0 Å². The fourth-order valence-electron chi connectivity index (χ4n) is 2.77. The molecule has 0 amide bonds. The highest BCUT2D eigenvalue weighted by molar-refractivity contribution is 5.08. The molecular weight excluding hydrogens is 256 g/mol. The quantitative estimate of drug-likeness (QED) is 0.480. The molecule has 0 aliphatic carbocycles. The average molecular weight is 290 g/mol. The summed E-state index contributed by atoms with van der Waals surface area (Å²) in [5.41, 5.74) is 1.38. The molecule has 0 atom stereocenters. The maximum atomic E-state index is 4.16. The molecule has 1 rings (SSSR count). The van der Waals surface area contributed by atoms with Gasteiger partial charge in [0.05, 0.1) is 0 Å². The topological polar surface area (TPSA) is 24.9 Å². The Hall–Kier alpha value is -0.890. The van der Waals surface area contributed by atoms with E-state index in [1.165, 1.54) is 89.2 Å². The molecule has 1 aromatic heterocycles. The molecule has 0 aliphatic heterocycles. The maximum absolute atomic E-state index is 4.16. The Morgan fingerprint density at radius 3 is 1.90 bits per heavy atom. The molecule has 0 aliphatic rings. The fourth-order valence-corrected chi connectivity index (χ4v) is 2.77. The standard InChI is InChI=1S/C19H34N2/c1-20-16-12-10-8-6-4-2-3-5-7-9-11-14-19-15-13-17-21-18-19/h13,15,17-18,20H,2-12,14,16H2,1H3. The van der Waals surface area contributed by atoms with E-state index in [2.05, 4.69) is 16.4 Å². The van der Waals surface area contributed by atoms with Crippen LogP contribution in [-0.4, -0.2) is 18.6 Å². The fraction of sp³-hybridized carbons (Fsp3) is 0.737. The van der Waals surface area contributed by atoms with Gasteiger partial charge in [0.2, 0.25) is 0 Å².